The van der Waals surface area contributed by atoms with Crippen molar-refractivity contribution in [3.63, 3.8) is 0 Å². The van der Waals surface area contributed by atoms with Gasteiger partial charge in [0.1, 0.15) is 5.41 Å². The number of nitrogens with one attached hydrogen (secondary N) is 1. The summed E-state index contributed by atoms with van der Waals surface area (Å²) < 4.78 is 44.7. The molecule has 4 aliphatic carbocycles. The number of nitrogens with zero attached hydrogens (tertiary/aromatic N) is 2. The maximum Gasteiger partial charge on any atom is 0.403 e. The van der Waals surface area contributed by atoms with Gasteiger partial charge in [-0.05, 0) is 56.5 Å². The number of alkyl halides is 3. The maximum absolute atomic E-state index is 13.1. The largest absolute Gasteiger partial charge is 0.424 e. The molecule has 0 spiro atoms. The summed E-state index contributed by atoms with van der Waals surface area (Å²) in [6.45, 7) is 2.14. The van der Waals surface area contributed by atoms with Gasteiger partial charge in [-0.3, -0.25) is 0 Å². The first-order valence-corrected chi connectivity index (χ1v) is 7.51. The van der Waals surface area contributed by atoms with Crippen molar-refractivity contribution in [1.82, 2.24) is 15.5 Å². The molecule has 0 amide bonds. The minimum atomic E-state index is -4.28. The zero-order valence-corrected chi connectivity index (χ0v) is 11.5. The monoisotopic (exact) mass is 299 g/mol. The summed E-state index contributed by atoms with van der Waals surface area (Å²) in [5.41, 5.74) is -1.55. The molecule has 5 aliphatic rings. The molecule has 1 aromatic heterocycles. The van der Waals surface area contributed by atoms with E-state index in [2.05, 4.69) is 15.5 Å². The van der Waals surface area contributed by atoms with Crippen LogP contribution in [0.2, 0.25) is 0 Å². The van der Waals surface area contributed by atoms with E-state index < -0.39 is 11.6 Å². The van der Waals surface area contributed by atoms with E-state index in [0.29, 0.717) is 11.3 Å². The van der Waals surface area contributed by atoms with E-state index >= 15 is 0 Å². The first-order valence-electron chi connectivity index (χ1n) is 7.51. The summed E-state index contributed by atoms with van der Waals surface area (Å²) in [4.78, 5) is 0. The van der Waals surface area contributed by atoms with Crippen LogP contribution in [0.1, 0.15) is 43.9 Å². The topological polar surface area (TPSA) is 51.0 Å². The average Bonchev–Trinajstić information content (AvgIpc) is 2.92. The molecule has 0 atom stereocenters. The highest BCUT2D eigenvalue weighted by Gasteiger charge is 2.74. The molecule has 6 rings (SSSR count). The Balaban J connectivity index is 1.37. The highest BCUT2D eigenvalue weighted by atomic mass is 19.4. The van der Waals surface area contributed by atoms with E-state index in [9.17, 15) is 13.2 Å². The van der Waals surface area contributed by atoms with Gasteiger partial charge in [0.15, 0.2) is 0 Å². The SMILES string of the molecule is FC(F)(F)C1(c2nnc(C34CC(C5CNC5)(C3)C4)o2)CC1. The zero-order chi connectivity index (χ0) is 14.5. The van der Waals surface area contributed by atoms with Crippen molar-refractivity contribution in [2.24, 2.45) is 11.3 Å². The van der Waals surface area contributed by atoms with Gasteiger partial charge in [0.05, 0.1) is 5.41 Å². The van der Waals surface area contributed by atoms with Crippen molar-refractivity contribution in [3.05, 3.63) is 11.8 Å². The van der Waals surface area contributed by atoms with E-state index in [4.69, 9.17) is 4.42 Å². The van der Waals surface area contributed by atoms with Gasteiger partial charge in [-0.25, -0.2) is 0 Å². The first-order chi connectivity index (χ1) is 9.89. The summed E-state index contributed by atoms with van der Waals surface area (Å²) in [6, 6.07) is 0. The average molecular weight is 299 g/mol. The molecule has 0 aromatic carbocycles. The van der Waals surface area contributed by atoms with Gasteiger partial charge < -0.3 is 9.73 Å². The van der Waals surface area contributed by atoms with E-state index in [1.807, 2.05) is 0 Å². The van der Waals surface area contributed by atoms with E-state index in [-0.39, 0.29) is 24.1 Å². The summed E-state index contributed by atoms with van der Waals surface area (Å²) >= 11 is 0. The van der Waals surface area contributed by atoms with Crippen LogP contribution in [0.4, 0.5) is 13.2 Å². The van der Waals surface area contributed by atoms with Crippen LogP contribution in [0, 0.1) is 11.3 Å². The minimum Gasteiger partial charge on any atom is -0.424 e. The fourth-order valence-corrected chi connectivity index (χ4v) is 4.62. The molecule has 4 saturated carbocycles. The Morgan fingerprint density at radius 2 is 1.67 bits per heavy atom. The Hall–Kier alpha value is -1.11. The van der Waals surface area contributed by atoms with Gasteiger partial charge in [-0.1, -0.05) is 0 Å². The van der Waals surface area contributed by atoms with Crippen molar-refractivity contribution in [3.8, 4) is 0 Å². The summed E-state index contributed by atoms with van der Waals surface area (Å²) in [5.74, 6) is 0.961. The van der Waals surface area contributed by atoms with Crippen LogP contribution in [-0.4, -0.2) is 29.5 Å². The number of hydrogen-bond donors (Lipinski definition) is 1. The Kier molecular flexibility index (Phi) is 1.95. The van der Waals surface area contributed by atoms with E-state index in [0.717, 1.165) is 38.3 Å². The maximum atomic E-state index is 13.1. The van der Waals surface area contributed by atoms with Crippen LogP contribution in [0.3, 0.4) is 0 Å². The molecule has 7 heteroatoms. The third kappa shape index (κ3) is 1.32. The van der Waals surface area contributed by atoms with Gasteiger partial charge in [-0.15, -0.1) is 10.2 Å². The standard InChI is InChI=1S/C14H16F3N3O/c15-14(16,17)13(1-2-13)10-20-19-9(21-10)12-5-11(6-12,7-12)8-3-18-4-8/h8,18H,1-7H2. The Bertz CT molecular complexity index is 595. The molecule has 2 heterocycles. The Morgan fingerprint density at radius 3 is 2.14 bits per heavy atom. The highest BCUT2D eigenvalue weighted by Crippen LogP contribution is 2.76. The lowest BCUT2D eigenvalue weighted by molar-refractivity contribution is -0.202. The van der Waals surface area contributed by atoms with Crippen molar-refractivity contribution in [2.45, 2.75) is 49.1 Å². The van der Waals surface area contributed by atoms with Crippen molar-refractivity contribution >= 4 is 0 Å². The van der Waals surface area contributed by atoms with E-state index in [1.54, 1.807) is 0 Å². The van der Waals surface area contributed by atoms with Crippen LogP contribution in [0.5, 0.6) is 0 Å². The summed E-state index contributed by atoms with van der Waals surface area (Å²) in [6.07, 6.45) is -1.12. The van der Waals surface area contributed by atoms with E-state index in [1.165, 1.54) is 0 Å². The Morgan fingerprint density at radius 1 is 1.05 bits per heavy atom. The van der Waals surface area contributed by atoms with Gasteiger partial charge in [0.25, 0.3) is 0 Å². The molecule has 2 bridgehead atoms. The molecular weight excluding hydrogens is 283 g/mol. The number of aromatic nitrogens is 2. The molecule has 114 valence electrons. The second kappa shape index (κ2) is 3.29. The van der Waals surface area contributed by atoms with Gasteiger partial charge in [0.2, 0.25) is 11.8 Å². The van der Waals surface area contributed by atoms with Crippen LogP contribution < -0.4 is 5.32 Å². The van der Waals surface area contributed by atoms with Crippen molar-refractivity contribution in [2.75, 3.05) is 13.1 Å². The van der Waals surface area contributed by atoms with Crippen molar-refractivity contribution in [1.29, 1.82) is 0 Å². The van der Waals surface area contributed by atoms with Crippen LogP contribution in [0.25, 0.3) is 0 Å². The summed E-state index contributed by atoms with van der Waals surface area (Å²) in [7, 11) is 0. The third-order valence-corrected chi connectivity index (χ3v) is 6.30. The lowest BCUT2D eigenvalue weighted by Gasteiger charge is -2.73. The zero-order valence-electron chi connectivity index (χ0n) is 11.5. The predicted molar refractivity (Wildman–Crippen MR) is 65.6 cm³/mol. The quantitative estimate of drug-likeness (QED) is 0.930. The molecule has 0 unspecified atom stereocenters. The van der Waals surface area contributed by atoms with Crippen molar-refractivity contribution < 1.29 is 17.6 Å². The molecule has 5 fully saturated rings. The third-order valence-electron chi connectivity index (χ3n) is 6.30. The van der Waals surface area contributed by atoms with Gasteiger partial charge in [0, 0.05) is 0 Å². The van der Waals surface area contributed by atoms with Gasteiger partial charge >= 0.3 is 6.18 Å². The molecule has 1 aromatic rings. The fraction of sp³-hybridized carbons (Fsp3) is 0.857. The molecule has 21 heavy (non-hydrogen) atoms. The normalized spacial score (nSPS) is 40.1. The molecular formula is C14H16F3N3O. The first kappa shape index (κ1) is 12.4. The lowest BCUT2D eigenvalue weighted by Crippen LogP contribution is -2.72. The van der Waals surface area contributed by atoms with Crippen LogP contribution >= 0.6 is 0 Å². The minimum absolute atomic E-state index is 0.0722. The molecule has 1 aliphatic heterocycles. The second-order valence-electron chi connectivity index (χ2n) is 7.52. The molecule has 1 saturated heterocycles. The van der Waals surface area contributed by atoms with Crippen LogP contribution in [-0.2, 0) is 10.8 Å². The number of rotatable bonds is 3. The fourth-order valence-electron chi connectivity index (χ4n) is 4.62. The predicted octanol–water partition coefficient (Wildman–Crippen LogP) is 2.30. The Labute approximate surface area is 119 Å². The number of halogens is 3. The molecule has 4 nitrogen and oxygen atoms in total. The molecule has 0 radical (unpaired) electrons. The highest BCUT2D eigenvalue weighted by molar-refractivity contribution is 5.32. The van der Waals surface area contributed by atoms with Gasteiger partial charge in [-0.2, -0.15) is 13.2 Å². The molecule has 1 N–H and O–H groups in total. The smallest absolute Gasteiger partial charge is 0.403 e. The summed E-state index contributed by atoms with van der Waals surface area (Å²) in [5, 5.41) is 11.0. The van der Waals surface area contributed by atoms with Crippen LogP contribution in [0.15, 0.2) is 4.42 Å². The second-order valence-corrected chi connectivity index (χ2v) is 7.52. The number of hydrogen-bond acceptors (Lipinski definition) is 4. The lowest BCUT2D eigenvalue weighted by atomic mass is 9.31.